The molecule has 1 aromatic rings. The molecular formula is C20H31Cl2N3O. The predicted molar refractivity (Wildman–Crippen MR) is 117 cm³/mol. The molecule has 0 saturated carbocycles. The molecule has 0 atom stereocenters. The smallest absolute Gasteiger partial charge is 0.255 e. The van der Waals surface area contributed by atoms with Gasteiger partial charge in [-0.3, -0.25) is 4.79 Å². The van der Waals surface area contributed by atoms with Crippen LogP contribution in [-0.4, -0.2) is 26.5 Å². The van der Waals surface area contributed by atoms with Crippen LogP contribution >= 0.6 is 23.2 Å². The Hall–Kier alpha value is -1.65. The van der Waals surface area contributed by atoms with E-state index in [9.17, 15) is 4.79 Å². The number of nitrogen functional groups attached to an aromatic ring is 1. The van der Waals surface area contributed by atoms with E-state index in [1.807, 2.05) is 44.9 Å². The highest BCUT2D eigenvalue weighted by Crippen LogP contribution is 2.29. The SMILES string of the molecule is C=C(Cl)CC/C(C(=O)N(C)c1ccc(N(C)CC)c(N)c1)=C(\C)Cl.CC. The number of benzene rings is 1. The number of likely N-dealkylation sites (N-methyl/N-ethyl adjacent to an activating group) is 1. The highest BCUT2D eigenvalue weighted by molar-refractivity contribution is 6.32. The molecule has 0 unspecified atom stereocenters. The third-order valence-electron chi connectivity index (χ3n) is 3.91. The van der Waals surface area contributed by atoms with E-state index in [-0.39, 0.29) is 5.91 Å². The van der Waals surface area contributed by atoms with Crippen molar-refractivity contribution >= 4 is 46.2 Å². The fraction of sp³-hybridized carbons (Fsp3) is 0.450. The zero-order chi connectivity index (χ0) is 20.4. The molecule has 0 aliphatic rings. The largest absolute Gasteiger partial charge is 0.397 e. The summed E-state index contributed by atoms with van der Waals surface area (Å²) in [4.78, 5) is 16.3. The number of nitrogens with zero attached hydrogens (tertiary/aromatic N) is 2. The molecule has 1 amide bonds. The number of hydrogen-bond acceptors (Lipinski definition) is 3. The number of hydrogen-bond donors (Lipinski definition) is 1. The van der Waals surface area contributed by atoms with Gasteiger partial charge in [-0.2, -0.15) is 0 Å². The fourth-order valence-corrected chi connectivity index (χ4v) is 2.55. The van der Waals surface area contributed by atoms with E-state index in [2.05, 4.69) is 6.58 Å². The van der Waals surface area contributed by atoms with Crippen molar-refractivity contribution in [2.75, 3.05) is 36.2 Å². The van der Waals surface area contributed by atoms with Gasteiger partial charge < -0.3 is 15.5 Å². The predicted octanol–water partition coefficient (Wildman–Crippen LogP) is 5.76. The topological polar surface area (TPSA) is 49.6 Å². The van der Waals surface area contributed by atoms with E-state index in [0.29, 0.717) is 39.9 Å². The van der Waals surface area contributed by atoms with Crippen molar-refractivity contribution in [1.82, 2.24) is 0 Å². The second-order valence-electron chi connectivity index (χ2n) is 5.65. The lowest BCUT2D eigenvalue weighted by molar-refractivity contribution is -0.115. The van der Waals surface area contributed by atoms with Gasteiger partial charge in [0.05, 0.1) is 11.4 Å². The molecule has 0 heterocycles. The van der Waals surface area contributed by atoms with Gasteiger partial charge in [-0.05, 0) is 44.9 Å². The van der Waals surface area contributed by atoms with E-state index in [0.717, 1.165) is 12.2 Å². The molecule has 0 aliphatic heterocycles. The Morgan fingerprint density at radius 1 is 1.19 bits per heavy atom. The number of carbonyl (C=O) groups excluding carboxylic acids is 1. The molecule has 146 valence electrons. The van der Waals surface area contributed by atoms with Crippen molar-refractivity contribution in [3.63, 3.8) is 0 Å². The van der Waals surface area contributed by atoms with Crippen LogP contribution in [0.5, 0.6) is 0 Å². The zero-order valence-electron chi connectivity index (χ0n) is 16.7. The molecule has 0 spiro atoms. The van der Waals surface area contributed by atoms with E-state index >= 15 is 0 Å². The van der Waals surface area contributed by atoms with Gasteiger partial charge in [-0.25, -0.2) is 0 Å². The summed E-state index contributed by atoms with van der Waals surface area (Å²) >= 11 is 11.9. The Balaban J connectivity index is 0.00000301. The Morgan fingerprint density at radius 2 is 1.77 bits per heavy atom. The monoisotopic (exact) mass is 399 g/mol. The van der Waals surface area contributed by atoms with Crippen LogP contribution in [0.1, 0.15) is 40.5 Å². The van der Waals surface area contributed by atoms with Gasteiger partial charge in [-0.15, -0.1) is 0 Å². The van der Waals surface area contributed by atoms with E-state index in [1.54, 1.807) is 24.9 Å². The highest BCUT2D eigenvalue weighted by Gasteiger charge is 2.19. The van der Waals surface area contributed by atoms with Crippen LogP contribution in [0.4, 0.5) is 17.1 Å². The molecule has 26 heavy (non-hydrogen) atoms. The molecular weight excluding hydrogens is 369 g/mol. The van der Waals surface area contributed by atoms with E-state index in [4.69, 9.17) is 28.9 Å². The summed E-state index contributed by atoms with van der Waals surface area (Å²) in [6, 6.07) is 5.58. The van der Waals surface area contributed by atoms with Crippen molar-refractivity contribution < 1.29 is 4.79 Å². The van der Waals surface area contributed by atoms with Gasteiger partial charge >= 0.3 is 0 Å². The molecule has 0 aromatic heterocycles. The van der Waals surface area contributed by atoms with Crippen LogP contribution < -0.4 is 15.5 Å². The molecule has 1 aromatic carbocycles. The maximum absolute atomic E-state index is 12.7. The quantitative estimate of drug-likeness (QED) is 0.468. The summed E-state index contributed by atoms with van der Waals surface area (Å²) in [5.74, 6) is -0.170. The van der Waals surface area contributed by atoms with Gasteiger partial charge in [-0.1, -0.05) is 43.6 Å². The fourth-order valence-electron chi connectivity index (χ4n) is 2.28. The number of halogens is 2. The van der Waals surface area contributed by atoms with Gasteiger partial charge in [0.25, 0.3) is 5.91 Å². The Kier molecular flexibility index (Phi) is 11.1. The van der Waals surface area contributed by atoms with E-state index < -0.39 is 0 Å². The lowest BCUT2D eigenvalue weighted by atomic mass is 10.1. The molecule has 1 rings (SSSR count). The van der Waals surface area contributed by atoms with Crippen molar-refractivity contribution in [2.24, 2.45) is 0 Å². The number of rotatable bonds is 7. The van der Waals surface area contributed by atoms with Crippen LogP contribution in [0, 0.1) is 0 Å². The third kappa shape index (κ3) is 6.93. The summed E-state index contributed by atoms with van der Waals surface area (Å²) in [5.41, 5.74) is 8.92. The van der Waals surface area contributed by atoms with Crippen LogP contribution in [0.3, 0.4) is 0 Å². The second kappa shape index (κ2) is 11.9. The van der Waals surface area contributed by atoms with Crippen molar-refractivity contribution in [3.05, 3.63) is 40.4 Å². The summed E-state index contributed by atoms with van der Waals surface area (Å²) in [5, 5.41) is 0.956. The molecule has 4 nitrogen and oxygen atoms in total. The molecule has 0 bridgehead atoms. The maximum Gasteiger partial charge on any atom is 0.255 e. The minimum absolute atomic E-state index is 0.170. The third-order valence-corrected chi connectivity index (χ3v) is 4.33. The minimum atomic E-state index is -0.170. The molecule has 0 radical (unpaired) electrons. The number of amides is 1. The average Bonchev–Trinajstić information content (AvgIpc) is 2.61. The first kappa shape index (κ1) is 24.4. The summed E-state index contributed by atoms with van der Waals surface area (Å²) in [6.45, 7) is 12.2. The first-order valence-corrected chi connectivity index (χ1v) is 9.51. The molecule has 0 aliphatic carbocycles. The Labute approximate surface area is 168 Å². The standard InChI is InChI=1S/C18H25Cl2N3O.C2H6/c1-6-22(4)17-10-8-14(11-16(17)21)23(5)18(24)15(13(3)20)9-7-12(2)19;1-2/h8,10-11H,2,6-7,9,21H2,1,3-5H3;1-2H3/b15-13-;. The lowest BCUT2D eigenvalue weighted by Gasteiger charge is -2.23. The average molecular weight is 400 g/mol. The van der Waals surface area contributed by atoms with Gasteiger partial charge in [0.15, 0.2) is 0 Å². The number of nitrogens with two attached hydrogens (primary N) is 1. The highest BCUT2D eigenvalue weighted by atomic mass is 35.5. The van der Waals surface area contributed by atoms with Gasteiger partial charge in [0.1, 0.15) is 0 Å². The number of anilines is 3. The van der Waals surface area contributed by atoms with Crippen LogP contribution in [-0.2, 0) is 4.79 Å². The second-order valence-corrected chi connectivity index (χ2v) is 6.75. The maximum atomic E-state index is 12.7. The number of carbonyl (C=O) groups is 1. The Morgan fingerprint density at radius 3 is 2.19 bits per heavy atom. The first-order chi connectivity index (χ1) is 12.2. The van der Waals surface area contributed by atoms with Crippen molar-refractivity contribution in [1.29, 1.82) is 0 Å². The van der Waals surface area contributed by atoms with Crippen molar-refractivity contribution in [3.8, 4) is 0 Å². The van der Waals surface area contributed by atoms with Crippen LogP contribution in [0.2, 0.25) is 0 Å². The molecule has 2 N–H and O–H groups in total. The lowest BCUT2D eigenvalue weighted by Crippen LogP contribution is -2.28. The summed E-state index contributed by atoms with van der Waals surface area (Å²) in [6.07, 6.45) is 0.954. The molecule has 0 fully saturated rings. The molecule has 6 heteroatoms. The first-order valence-electron chi connectivity index (χ1n) is 8.76. The van der Waals surface area contributed by atoms with Crippen LogP contribution in [0.25, 0.3) is 0 Å². The zero-order valence-corrected chi connectivity index (χ0v) is 18.2. The normalized spacial score (nSPS) is 11.1. The van der Waals surface area contributed by atoms with Gasteiger partial charge in [0, 0.05) is 42.0 Å². The minimum Gasteiger partial charge on any atom is -0.397 e. The molecule has 0 saturated heterocycles. The Bertz CT molecular complexity index is 652. The number of allylic oxidation sites excluding steroid dienone is 2. The van der Waals surface area contributed by atoms with E-state index in [1.165, 1.54) is 0 Å². The van der Waals surface area contributed by atoms with Crippen LogP contribution in [0.15, 0.2) is 40.4 Å². The van der Waals surface area contributed by atoms with Crippen molar-refractivity contribution in [2.45, 2.75) is 40.5 Å². The summed E-state index contributed by atoms with van der Waals surface area (Å²) < 4.78 is 0. The summed E-state index contributed by atoms with van der Waals surface area (Å²) in [7, 11) is 3.67. The van der Waals surface area contributed by atoms with Gasteiger partial charge in [0.2, 0.25) is 0 Å².